The van der Waals surface area contributed by atoms with Crippen molar-refractivity contribution in [3.05, 3.63) is 89.7 Å². The van der Waals surface area contributed by atoms with Crippen LogP contribution in [0.1, 0.15) is 47.2 Å². The van der Waals surface area contributed by atoms with Crippen LogP contribution in [-0.2, 0) is 23.2 Å². The fourth-order valence-electron chi connectivity index (χ4n) is 3.85. The molecule has 2 aromatic carbocycles. The predicted octanol–water partition coefficient (Wildman–Crippen LogP) is 4.16. The third-order valence-electron chi connectivity index (χ3n) is 5.82. The molecule has 1 saturated heterocycles. The molecule has 1 aromatic heterocycles. The predicted molar refractivity (Wildman–Crippen MR) is 130 cm³/mol. The molecule has 1 aliphatic rings. The van der Waals surface area contributed by atoms with Crippen LogP contribution in [0.2, 0.25) is 0 Å². The second-order valence-electron chi connectivity index (χ2n) is 8.32. The Hall–Kier alpha value is -3.23. The number of aromatic nitrogens is 1. The van der Waals surface area contributed by atoms with Gasteiger partial charge in [-0.15, -0.1) is 0 Å². The Morgan fingerprint density at radius 3 is 2.26 bits per heavy atom. The largest absolute Gasteiger partial charge is 0.489 e. The molecule has 1 aliphatic heterocycles. The highest BCUT2D eigenvalue weighted by Crippen LogP contribution is 2.21. The Balaban J connectivity index is 1.30. The lowest BCUT2D eigenvalue weighted by Gasteiger charge is -2.20. The number of hydrogen-bond donors (Lipinski definition) is 1. The van der Waals surface area contributed by atoms with Crippen molar-refractivity contribution in [1.82, 2.24) is 14.6 Å². The fourth-order valence-corrected chi connectivity index (χ4v) is 5.36. The molecule has 0 unspecified atom stereocenters. The molecule has 2 heterocycles. The van der Waals surface area contributed by atoms with Gasteiger partial charge < -0.3 is 10.1 Å². The first-order chi connectivity index (χ1) is 16.5. The first-order valence-electron chi connectivity index (χ1n) is 11.5. The quantitative estimate of drug-likeness (QED) is 0.524. The number of carbonyl (C=O) groups excluding carboxylic acids is 1. The minimum atomic E-state index is -3.52. The lowest BCUT2D eigenvalue weighted by Crippen LogP contribution is -2.32. The molecule has 1 fully saturated rings. The van der Waals surface area contributed by atoms with E-state index in [1.165, 1.54) is 12.1 Å². The molecule has 7 nitrogen and oxygen atoms in total. The van der Waals surface area contributed by atoms with Gasteiger partial charge in [0.2, 0.25) is 10.0 Å². The Morgan fingerprint density at radius 1 is 0.912 bits per heavy atom. The third kappa shape index (κ3) is 6.21. The molecular formula is C26H29N3O4S. The molecular weight excluding hydrogens is 450 g/mol. The highest BCUT2D eigenvalue weighted by atomic mass is 32.2. The maximum absolute atomic E-state index is 12.9. The second kappa shape index (κ2) is 11.3. The summed E-state index contributed by atoms with van der Waals surface area (Å²) in [4.78, 5) is 16.8. The average Bonchev–Trinajstić information content (AvgIpc) is 3.18. The first kappa shape index (κ1) is 23.9. The van der Waals surface area contributed by atoms with E-state index in [0.717, 1.165) is 42.6 Å². The first-order valence-corrected chi connectivity index (χ1v) is 13.0. The van der Waals surface area contributed by atoms with E-state index >= 15 is 0 Å². The monoisotopic (exact) mass is 479 g/mol. The van der Waals surface area contributed by atoms with Crippen LogP contribution in [0.25, 0.3) is 0 Å². The summed E-state index contributed by atoms with van der Waals surface area (Å²) in [5.74, 6) is 0.482. The van der Waals surface area contributed by atoms with E-state index in [2.05, 4.69) is 10.3 Å². The number of sulfonamides is 1. The molecule has 0 saturated carbocycles. The van der Waals surface area contributed by atoms with Crippen molar-refractivity contribution in [1.29, 1.82) is 0 Å². The lowest BCUT2D eigenvalue weighted by atomic mass is 10.2. The summed E-state index contributed by atoms with van der Waals surface area (Å²) in [5.41, 5.74) is 2.35. The van der Waals surface area contributed by atoms with Gasteiger partial charge in [0.15, 0.2) is 0 Å². The smallest absolute Gasteiger partial charge is 0.251 e. The maximum atomic E-state index is 12.9. The zero-order valence-corrected chi connectivity index (χ0v) is 19.8. The lowest BCUT2D eigenvalue weighted by molar-refractivity contribution is 0.0951. The van der Waals surface area contributed by atoms with Crippen LogP contribution in [0.3, 0.4) is 0 Å². The van der Waals surface area contributed by atoms with Crippen molar-refractivity contribution in [2.75, 3.05) is 13.1 Å². The summed E-state index contributed by atoms with van der Waals surface area (Å²) in [6.45, 7) is 1.90. The van der Waals surface area contributed by atoms with Gasteiger partial charge in [-0.2, -0.15) is 4.31 Å². The van der Waals surface area contributed by atoms with Crippen LogP contribution in [-0.4, -0.2) is 36.7 Å². The van der Waals surface area contributed by atoms with E-state index in [1.54, 1.807) is 28.8 Å². The standard InChI is InChI=1S/C26H29N3O4S/c30-26(23-9-13-25(14-10-23)34(31,32)29-16-3-1-2-4-17-29)28-19-21-7-11-24(12-8-21)33-20-22-6-5-15-27-18-22/h5-15,18H,1-4,16-17,19-20H2,(H,28,30). The van der Waals surface area contributed by atoms with Crippen LogP contribution in [0.15, 0.2) is 78.0 Å². The number of ether oxygens (including phenoxy) is 1. The molecule has 0 spiro atoms. The van der Waals surface area contributed by atoms with Gasteiger partial charge in [0.05, 0.1) is 4.90 Å². The molecule has 1 amide bonds. The normalized spacial score (nSPS) is 14.8. The summed E-state index contributed by atoms with van der Waals surface area (Å²) >= 11 is 0. The Kier molecular flexibility index (Phi) is 7.92. The molecule has 0 atom stereocenters. The molecule has 3 aromatic rings. The van der Waals surface area contributed by atoms with Crippen LogP contribution >= 0.6 is 0 Å². The minimum absolute atomic E-state index is 0.229. The number of benzene rings is 2. The zero-order valence-electron chi connectivity index (χ0n) is 19.0. The van der Waals surface area contributed by atoms with E-state index < -0.39 is 10.0 Å². The van der Waals surface area contributed by atoms with Gasteiger partial charge in [-0.05, 0) is 60.9 Å². The van der Waals surface area contributed by atoms with Crippen LogP contribution in [0.5, 0.6) is 5.75 Å². The molecule has 0 bridgehead atoms. The van der Waals surface area contributed by atoms with Gasteiger partial charge in [0, 0.05) is 43.2 Å². The summed E-state index contributed by atoms with van der Waals surface area (Å²) in [6, 6.07) is 17.5. The van der Waals surface area contributed by atoms with Crippen LogP contribution in [0.4, 0.5) is 0 Å². The molecule has 178 valence electrons. The Labute approximate surface area is 200 Å². The van der Waals surface area contributed by atoms with E-state index in [0.29, 0.717) is 31.8 Å². The maximum Gasteiger partial charge on any atom is 0.251 e. The van der Waals surface area contributed by atoms with Gasteiger partial charge >= 0.3 is 0 Å². The number of nitrogens with zero attached hydrogens (tertiary/aromatic N) is 2. The molecule has 1 N–H and O–H groups in total. The summed E-state index contributed by atoms with van der Waals surface area (Å²) < 4.78 is 33.1. The number of carbonyl (C=O) groups is 1. The van der Waals surface area contributed by atoms with Crippen molar-refractivity contribution in [2.45, 2.75) is 43.7 Å². The summed E-state index contributed by atoms with van der Waals surface area (Å²) in [7, 11) is -3.52. The molecule has 0 radical (unpaired) electrons. The van der Waals surface area contributed by atoms with Crippen molar-refractivity contribution >= 4 is 15.9 Å². The molecule has 4 rings (SSSR count). The number of hydrogen-bond acceptors (Lipinski definition) is 5. The zero-order chi connectivity index (χ0) is 23.8. The van der Waals surface area contributed by atoms with E-state index in [1.807, 2.05) is 36.4 Å². The Morgan fingerprint density at radius 2 is 1.62 bits per heavy atom. The van der Waals surface area contributed by atoms with Crippen molar-refractivity contribution in [3.63, 3.8) is 0 Å². The number of rotatable bonds is 8. The van der Waals surface area contributed by atoms with E-state index in [-0.39, 0.29) is 10.8 Å². The van der Waals surface area contributed by atoms with Crippen molar-refractivity contribution < 1.29 is 17.9 Å². The SMILES string of the molecule is O=C(NCc1ccc(OCc2cccnc2)cc1)c1ccc(S(=O)(=O)N2CCCCCC2)cc1. The highest BCUT2D eigenvalue weighted by Gasteiger charge is 2.25. The van der Waals surface area contributed by atoms with Crippen molar-refractivity contribution in [3.8, 4) is 5.75 Å². The van der Waals surface area contributed by atoms with Gasteiger partial charge in [-0.25, -0.2) is 8.42 Å². The summed E-state index contributed by atoms with van der Waals surface area (Å²) in [6.07, 6.45) is 7.38. The molecule has 0 aliphatic carbocycles. The topological polar surface area (TPSA) is 88.6 Å². The van der Waals surface area contributed by atoms with Crippen molar-refractivity contribution in [2.24, 2.45) is 0 Å². The number of pyridine rings is 1. The highest BCUT2D eigenvalue weighted by molar-refractivity contribution is 7.89. The molecule has 8 heteroatoms. The van der Waals surface area contributed by atoms with Crippen LogP contribution in [0, 0.1) is 0 Å². The number of amides is 1. The van der Waals surface area contributed by atoms with Gasteiger partial charge in [0.25, 0.3) is 5.91 Å². The average molecular weight is 480 g/mol. The summed E-state index contributed by atoms with van der Waals surface area (Å²) in [5, 5.41) is 2.87. The minimum Gasteiger partial charge on any atom is -0.489 e. The fraction of sp³-hybridized carbons (Fsp3) is 0.308. The second-order valence-corrected chi connectivity index (χ2v) is 10.3. The number of nitrogens with one attached hydrogen (secondary N) is 1. The van der Waals surface area contributed by atoms with Gasteiger partial charge in [-0.3, -0.25) is 9.78 Å². The Bertz CT molecular complexity index is 1170. The van der Waals surface area contributed by atoms with E-state index in [9.17, 15) is 13.2 Å². The van der Waals surface area contributed by atoms with E-state index in [4.69, 9.17) is 4.74 Å². The van der Waals surface area contributed by atoms with Crippen LogP contribution < -0.4 is 10.1 Å². The molecule has 34 heavy (non-hydrogen) atoms. The van der Waals surface area contributed by atoms with Gasteiger partial charge in [0.1, 0.15) is 12.4 Å². The third-order valence-corrected chi connectivity index (χ3v) is 7.74. The van der Waals surface area contributed by atoms with Gasteiger partial charge in [-0.1, -0.05) is 31.0 Å².